The second-order valence-corrected chi connectivity index (χ2v) is 10.7. The number of nitrogens with two attached hydrogens (primary N) is 1. The lowest BCUT2D eigenvalue weighted by Gasteiger charge is -2.12. The van der Waals surface area contributed by atoms with Crippen molar-refractivity contribution in [2.24, 2.45) is 10.7 Å². The van der Waals surface area contributed by atoms with E-state index in [1.165, 1.54) is 33.0 Å². The summed E-state index contributed by atoms with van der Waals surface area (Å²) in [6.45, 7) is 0. The predicted molar refractivity (Wildman–Crippen MR) is 189 cm³/mol. The smallest absolute Gasteiger partial charge is 0.0859 e. The van der Waals surface area contributed by atoms with Crippen LogP contribution in [0.15, 0.2) is 151 Å². The summed E-state index contributed by atoms with van der Waals surface area (Å²) in [5.41, 5.74) is 16.4. The predicted octanol–water partition coefficient (Wildman–Crippen LogP) is 9.63. The third-order valence-electron chi connectivity index (χ3n) is 7.84. The molecule has 0 atom stereocenters. The average Bonchev–Trinajstić information content (AvgIpc) is 3.41. The van der Waals surface area contributed by atoms with Gasteiger partial charge in [-0.1, -0.05) is 91.1 Å². The van der Waals surface area contributed by atoms with Crippen molar-refractivity contribution in [3.8, 4) is 11.1 Å². The van der Waals surface area contributed by atoms with Crippen molar-refractivity contribution in [2.75, 3.05) is 7.05 Å². The molecule has 4 heteroatoms. The van der Waals surface area contributed by atoms with Crippen molar-refractivity contribution < 1.29 is 0 Å². The van der Waals surface area contributed by atoms with E-state index < -0.39 is 0 Å². The fourth-order valence-corrected chi connectivity index (χ4v) is 5.68. The van der Waals surface area contributed by atoms with Crippen molar-refractivity contribution in [1.82, 2.24) is 9.55 Å². The number of fused-ring (bicyclic) bond motifs is 3. The van der Waals surface area contributed by atoms with Crippen LogP contribution in [0.2, 0.25) is 0 Å². The van der Waals surface area contributed by atoms with Crippen molar-refractivity contribution in [2.45, 2.75) is 19.3 Å². The molecule has 2 aromatic heterocycles. The number of allylic oxidation sites excluding steroid dienone is 11. The summed E-state index contributed by atoms with van der Waals surface area (Å²) in [7, 11) is 1.77. The lowest BCUT2D eigenvalue weighted by atomic mass is 9.95. The molecule has 216 valence electrons. The molecular formula is C40H36N4. The molecule has 44 heavy (non-hydrogen) atoms. The number of aliphatic imine (C=N–C) groups is 1. The van der Waals surface area contributed by atoms with E-state index in [2.05, 4.69) is 112 Å². The van der Waals surface area contributed by atoms with E-state index >= 15 is 0 Å². The molecule has 5 aromatic rings. The van der Waals surface area contributed by atoms with E-state index in [1.807, 2.05) is 42.5 Å². The first-order chi connectivity index (χ1) is 21.7. The normalized spacial score (nSPS) is 14.5. The Morgan fingerprint density at radius 1 is 0.864 bits per heavy atom. The number of aromatic nitrogens is 2. The fourth-order valence-electron chi connectivity index (χ4n) is 5.68. The molecule has 4 nitrogen and oxygen atoms in total. The summed E-state index contributed by atoms with van der Waals surface area (Å²) >= 11 is 0. The van der Waals surface area contributed by atoms with Gasteiger partial charge < -0.3 is 10.3 Å². The van der Waals surface area contributed by atoms with Crippen LogP contribution >= 0.6 is 0 Å². The van der Waals surface area contributed by atoms with Gasteiger partial charge in [-0.15, -0.1) is 0 Å². The molecule has 0 spiro atoms. The maximum absolute atomic E-state index is 6.68. The zero-order valence-corrected chi connectivity index (χ0v) is 25.0. The van der Waals surface area contributed by atoms with E-state index in [9.17, 15) is 0 Å². The Kier molecular flexibility index (Phi) is 8.89. The highest BCUT2D eigenvalue weighted by molar-refractivity contribution is 6.12. The van der Waals surface area contributed by atoms with Gasteiger partial charge in [-0.2, -0.15) is 0 Å². The Bertz CT molecular complexity index is 1980. The Morgan fingerprint density at radius 3 is 2.36 bits per heavy atom. The number of pyridine rings is 1. The molecule has 0 radical (unpaired) electrons. The van der Waals surface area contributed by atoms with Crippen LogP contribution < -0.4 is 5.73 Å². The molecule has 2 heterocycles. The van der Waals surface area contributed by atoms with E-state index in [4.69, 9.17) is 5.73 Å². The number of benzene rings is 3. The minimum absolute atomic E-state index is 0.617. The summed E-state index contributed by atoms with van der Waals surface area (Å²) in [6.07, 6.45) is 25.4. The first-order valence-corrected chi connectivity index (χ1v) is 15.1. The third kappa shape index (κ3) is 6.30. The second-order valence-electron chi connectivity index (χ2n) is 10.7. The minimum Gasteiger partial charge on any atom is -0.397 e. The summed E-state index contributed by atoms with van der Waals surface area (Å²) in [4.78, 5) is 8.51. The molecule has 0 fully saturated rings. The van der Waals surface area contributed by atoms with E-state index in [1.54, 1.807) is 19.5 Å². The molecule has 0 saturated carbocycles. The molecule has 0 amide bonds. The fraction of sp³-hybridized carbons (Fsp3) is 0.100. The highest BCUT2D eigenvalue weighted by Gasteiger charge is 2.16. The monoisotopic (exact) mass is 572 g/mol. The number of hydrogen-bond donors (Lipinski definition) is 1. The van der Waals surface area contributed by atoms with E-state index in [0.717, 1.165) is 41.7 Å². The zero-order chi connectivity index (χ0) is 30.1. The molecule has 2 N–H and O–H groups in total. The summed E-state index contributed by atoms with van der Waals surface area (Å²) in [5, 5.41) is 2.43. The molecule has 6 rings (SSSR count). The number of nitrogens with zero attached hydrogens (tertiary/aromatic N) is 3. The van der Waals surface area contributed by atoms with Crippen LogP contribution in [0.1, 0.15) is 30.5 Å². The lowest BCUT2D eigenvalue weighted by molar-refractivity contribution is 1.05. The van der Waals surface area contributed by atoms with Crippen molar-refractivity contribution in [3.05, 3.63) is 157 Å². The van der Waals surface area contributed by atoms with Crippen LogP contribution in [0.5, 0.6) is 0 Å². The SMILES string of the molecule is C\N=C/C=C\C=C\C/C=C(\C=C(/N)c1ccccn1)n1c2ccc(C3=CC=CCC3)cc2c2cc(-c3ccccc3)ccc21. The molecule has 1 aliphatic carbocycles. The minimum atomic E-state index is 0.617. The maximum Gasteiger partial charge on any atom is 0.0859 e. The van der Waals surface area contributed by atoms with Crippen molar-refractivity contribution >= 4 is 45.0 Å². The summed E-state index contributed by atoms with van der Waals surface area (Å²) in [5.74, 6) is 0. The highest BCUT2D eigenvalue weighted by Crippen LogP contribution is 2.37. The third-order valence-corrected chi connectivity index (χ3v) is 7.84. The van der Waals surface area contributed by atoms with Gasteiger partial charge in [-0.25, -0.2) is 0 Å². The Morgan fingerprint density at radius 2 is 1.64 bits per heavy atom. The zero-order valence-electron chi connectivity index (χ0n) is 25.0. The van der Waals surface area contributed by atoms with Crippen LogP contribution in [-0.2, 0) is 0 Å². The highest BCUT2D eigenvalue weighted by atomic mass is 15.0. The number of hydrogen-bond acceptors (Lipinski definition) is 3. The Labute approximate surface area is 259 Å². The van der Waals surface area contributed by atoms with Crippen LogP contribution in [-0.4, -0.2) is 22.8 Å². The largest absolute Gasteiger partial charge is 0.397 e. The van der Waals surface area contributed by atoms with Gasteiger partial charge in [0.25, 0.3) is 0 Å². The van der Waals surface area contributed by atoms with Crippen molar-refractivity contribution in [3.63, 3.8) is 0 Å². The van der Waals surface area contributed by atoms with Gasteiger partial charge in [0.15, 0.2) is 0 Å². The van der Waals surface area contributed by atoms with Gasteiger partial charge in [0.2, 0.25) is 0 Å². The molecular weight excluding hydrogens is 536 g/mol. The molecule has 1 aliphatic rings. The van der Waals surface area contributed by atoms with Crippen LogP contribution in [0, 0.1) is 0 Å². The first kappa shape index (κ1) is 28.6. The molecule has 0 bridgehead atoms. The maximum atomic E-state index is 6.68. The van der Waals surface area contributed by atoms with Crippen molar-refractivity contribution in [1.29, 1.82) is 0 Å². The quantitative estimate of drug-likeness (QED) is 0.141. The molecule has 0 aliphatic heterocycles. The van der Waals surface area contributed by atoms with Gasteiger partial charge in [-0.3, -0.25) is 9.98 Å². The van der Waals surface area contributed by atoms with Gasteiger partial charge >= 0.3 is 0 Å². The molecule has 0 unspecified atom stereocenters. The molecule has 0 saturated heterocycles. The molecule has 3 aromatic carbocycles. The van der Waals surface area contributed by atoms with Crippen LogP contribution in [0.25, 0.3) is 49.9 Å². The van der Waals surface area contributed by atoms with Gasteiger partial charge in [0.05, 0.1) is 22.4 Å². The summed E-state index contributed by atoms with van der Waals surface area (Å²) in [6, 6.07) is 30.0. The van der Waals surface area contributed by atoms with E-state index in [-0.39, 0.29) is 0 Å². The van der Waals surface area contributed by atoms with Crippen LogP contribution in [0.3, 0.4) is 0 Å². The standard InChI is InChI=1S/C40H36N4/c1-42-25-13-4-2-3-11-19-34(29-37(41)38-20-12-14-26-43-38)44-39-23-21-32(30-15-7-5-8-16-30)27-35(39)36-28-33(22-24-40(36)44)31-17-9-6-10-18-31/h2-9,12-17,19-29H,10-11,18,41H2,1H3/b3-2+,13-4-,34-19+,37-29-,42-25-. The first-order valence-electron chi connectivity index (χ1n) is 15.1. The van der Waals surface area contributed by atoms with Gasteiger partial charge in [-0.05, 0) is 90.1 Å². The topological polar surface area (TPSA) is 56.2 Å². The van der Waals surface area contributed by atoms with E-state index in [0.29, 0.717) is 5.70 Å². The lowest BCUT2D eigenvalue weighted by Crippen LogP contribution is -2.02. The Hall–Kier alpha value is -5.48. The van der Waals surface area contributed by atoms with Gasteiger partial charge in [0, 0.05) is 35.9 Å². The van der Waals surface area contributed by atoms with Gasteiger partial charge in [0.1, 0.15) is 0 Å². The second kappa shape index (κ2) is 13.7. The number of rotatable bonds is 9. The Balaban J connectivity index is 1.55. The average molecular weight is 573 g/mol. The summed E-state index contributed by atoms with van der Waals surface area (Å²) < 4.78 is 2.33. The van der Waals surface area contributed by atoms with Crippen LogP contribution in [0.4, 0.5) is 0 Å².